The second-order valence-corrected chi connectivity index (χ2v) is 9.36. The van der Waals surface area contributed by atoms with Crippen LogP contribution in [0.2, 0.25) is 5.02 Å². The number of carbonyl (C=O) groups is 2. The van der Waals surface area contributed by atoms with E-state index in [0.29, 0.717) is 34.7 Å². The number of para-hydroxylation sites is 1. The highest BCUT2D eigenvalue weighted by atomic mass is 35.5. The molecule has 0 fully saturated rings. The summed E-state index contributed by atoms with van der Waals surface area (Å²) in [6, 6.07) is 13.2. The van der Waals surface area contributed by atoms with Crippen LogP contribution in [0.5, 0.6) is 0 Å². The molecule has 2 aromatic rings. The Bertz CT molecular complexity index is 1150. The van der Waals surface area contributed by atoms with Gasteiger partial charge in [-0.3, -0.25) is 9.59 Å². The molecule has 4 rings (SSSR count). The van der Waals surface area contributed by atoms with E-state index in [1.807, 2.05) is 13.0 Å². The summed E-state index contributed by atoms with van der Waals surface area (Å²) in [7, 11) is 0. The van der Waals surface area contributed by atoms with Gasteiger partial charge in [0, 0.05) is 39.9 Å². The first-order chi connectivity index (χ1) is 14.7. The molecule has 0 bridgehead atoms. The lowest BCUT2D eigenvalue weighted by Gasteiger charge is -2.39. The van der Waals surface area contributed by atoms with E-state index < -0.39 is 17.6 Å². The number of rotatable bonds is 3. The highest BCUT2D eigenvalue weighted by Gasteiger charge is 2.42. The second kappa shape index (κ2) is 7.97. The Morgan fingerprint density at radius 1 is 1.16 bits per heavy atom. The number of benzene rings is 2. The van der Waals surface area contributed by atoms with Crippen LogP contribution in [-0.4, -0.2) is 11.7 Å². The summed E-state index contributed by atoms with van der Waals surface area (Å²) < 4.78 is 14.2. The Hall–Kier alpha value is -2.92. The fraction of sp³-hybridized carbons (Fsp3) is 0.280. The average molecular weight is 439 g/mol. The zero-order valence-electron chi connectivity index (χ0n) is 17.7. The number of halogens is 2. The lowest BCUT2D eigenvalue weighted by atomic mass is 9.68. The third-order valence-corrected chi connectivity index (χ3v) is 6.02. The van der Waals surface area contributed by atoms with Gasteiger partial charge in [-0.25, -0.2) is 4.39 Å². The highest BCUT2D eigenvalue weighted by molar-refractivity contribution is 6.30. The van der Waals surface area contributed by atoms with Crippen LogP contribution in [0, 0.1) is 11.2 Å². The number of carbonyl (C=O) groups excluding carboxylic acids is 2. The molecule has 1 heterocycles. The van der Waals surface area contributed by atoms with E-state index in [1.165, 1.54) is 12.1 Å². The molecule has 6 heteroatoms. The van der Waals surface area contributed by atoms with E-state index >= 15 is 0 Å². The van der Waals surface area contributed by atoms with Crippen molar-refractivity contribution < 1.29 is 14.0 Å². The number of dihydropyridines is 1. The van der Waals surface area contributed by atoms with Gasteiger partial charge < -0.3 is 10.6 Å². The van der Waals surface area contributed by atoms with Crippen molar-refractivity contribution in [2.45, 2.75) is 39.5 Å². The summed E-state index contributed by atoms with van der Waals surface area (Å²) in [5.41, 5.74) is 3.13. The fourth-order valence-corrected chi connectivity index (χ4v) is 4.71. The summed E-state index contributed by atoms with van der Waals surface area (Å²) in [6.07, 6.45) is 1.09. The molecule has 2 aromatic carbocycles. The normalized spacial score (nSPS) is 20.3. The summed E-state index contributed by atoms with van der Waals surface area (Å²) in [5.74, 6) is -1.55. The van der Waals surface area contributed by atoms with E-state index in [0.717, 1.165) is 11.3 Å². The molecule has 0 spiro atoms. The van der Waals surface area contributed by atoms with Crippen LogP contribution < -0.4 is 10.6 Å². The monoisotopic (exact) mass is 438 g/mol. The number of allylic oxidation sites excluding steroid dienone is 3. The predicted octanol–water partition coefficient (Wildman–Crippen LogP) is 5.72. The Morgan fingerprint density at radius 3 is 2.61 bits per heavy atom. The molecule has 0 saturated carbocycles. The van der Waals surface area contributed by atoms with E-state index in [-0.39, 0.29) is 16.9 Å². The van der Waals surface area contributed by atoms with Crippen molar-refractivity contribution in [1.29, 1.82) is 0 Å². The van der Waals surface area contributed by atoms with Gasteiger partial charge in [-0.1, -0.05) is 49.7 Å². The molecule has 2 N–H and O–H groups in total. The Balaban J connectivity index is 1.83. The van der Waals surface area contributed by atoms with Gasteiger partial charge in [0.15, 0.2) is 5.78 Å². The van der Waals surface area contributed by atoms with Crippen molar-refractivity contribution >= 4 is 29.0 Å². The van der Waals surface area contributed by atoms with Crippen molar-refractivity contribution in [3.8, 4) is 0 Å². The maximum Gasteiger partial charge on any atom is 0.254 e. The lowest BCUT2D eigenvalue weighted by molar-refractivity contribution is -0.118. The van der Waals surface area contributed by atoms with Crippen LogP contribution in [0.4, 0.5) is 10.1 Å². The van der Waals surface area contributed by atoms with Gasteiger partial charge in [0.1, 0.15) is 5.82 Å². The molecule has 2 aliphatic rings. The maximum atomic E-state index is 14.2. The number of ketones is 1. The molecular formula is C25H24ClFN2O2. The van der Waals surface area contributed by atoms with Crippen LogP contribution in [0.3, 0.4) is 0 Å². The van der Waals surface area contributed by atoms with E-state index in [1.54, 1.807) is 30.3 Å². The van der Waals surface area contributed by atoms with Gasteiger partial charge in [0.25, 0.3) is 5.91 Å². The Morgan fingerprint density at radius 2 is 1.90 bits per heavy atom. The van der Waals surface area contributed by atoms with Crippen LogP contribution in [0.1, 0.15) is 45.1 Å². The molecule has 4 nitrogen and oxygen atoms in total. The fourth-order valence-electron chi connectivity index (χ4n) is 4.51. The van der Waals surface area contributed by atoms with Crippen molar-refractivity contribution in [1.82, 2.24) is 5.32 Å². The summed E-state index contributed by atoms with van der Waals surface area (Å²) >= 11 is 6.25. The zero-order valence-corrected chi connectivity index (χ0v) is 18.4. The third-order valence-electron chi connectivity index (χ3n) is 5.79. The standard InChI is InChI=1S/C25H24ClFN2O2/c1-14-21(24(31)29-18-10-5-4-9-17(18)27)22(15-7-6-8-16(26)11-15)23-19(28-14)12-25(2,3)13-20(23)30/h4-11,22,28H,12-13H2,1-3H3,(H,29,31)/t22-/m0/s1. The quantitative estimate of drug-likeness (QED) is 0.644. The van der Waals surface area contributed by atoms with E-state index in [4.69, 9.17) is 11.6 Å². The number of amides is 1. The van der Waals surface area contributed by atoms with Crippen molar-refractivity contribution in [2.24, 2.45) is 5.41 Å². The SMILES string of the molecule is CC1=C(C(=O)Nc2ccccc2F)[C@H](c2cccc(Cl)c2)C2=C(CC(C)(C)CC2=O)N1. The largest absolute Gasteiger partial charge is 0.362 e. The number of hydrogen-bond acceptors (Lipinski definition) is 3. The Kier molecular flexibility index (Phi) is 5.48. The molecule has 1 aliphatic heterocycles. The molecule has 0 aromatic heterocycles. The number of Topliss-reactive ketones (excluding diaryl/α,β-unsaturated/α-hetero) is 1. The number of hydrogen-bond donors (Lipinski definition) is 2. The smallest absolute Gasteiger partial charge is 0.254 e. The topological polar surface area (TPSA) is 58.2 Å². The molecule has 0 radical (unpaired) electrons. The average Bonchev–Trinajstić information content (AvgIpc) is 2.67. The van der Waals surface area contributed by atoms with Crippen LogP contribution >= 0.6 is 11.6 Å². The van der Waals surface area contributed by atoms with Crippen molar-refractivity contribution in [3.05, 3.63) is 87.5 Å². The maximum absolute atomic E-state index is 14.2. The van der Waals surface area contributed by atoms with E-state index in [2.05, 4.69) is 24.5 Å². The molecule has 0 saturated heterocycles. The van der Waals surface area contributed by atoms with Crippen molar-refractivity contribution in [3.63, 3.8) is 0 Å². The minimum absolute atomic E-state index is 0.00687. The van der Waals surface area contributed by atoms with Crippen LogP contribution in [0.15, 0.2) is 71.1 Å². The molecule has 1 amide bonds. The molecular weight excluding hydrogens is 415 g/mol. The lowest BCUT2D eigenvalue weighted by Crippen LogP contribution is -2.39. The molecule has 1 aliphatic carbocycles. The van der Waals surface area contributed by atoms with Crippen LogP contribution in [0.25, 0.3) is 0 Å². The summed E-state index contributed by atoms with van der Waals surface area (Å²) in [4.78, 5) is 26.6. The molecule has 1 atom stereocenters. The highest BCUT2D eigenvalue weighted by Crippen LogP contribution is 2.47. The second-order valence-electron chi connectivity index (χ2n) is 8.92. The molecule has 0 unspecified atom stereocenters. The predicted molar refractivity (Wildman–Crippen MR) is 120 cm³/mol. The van der Waals surface area contributed by atoms with E-state index in [9.17, 15) is 14.0 Å². The Labute approximate surface area is 186 Å². The zero-order chi connectivity index (χ0) is 22.3. The summed E-state index contributed by atoms with van der Waals surface area (Å²) in [5, 5.41) is 6.50. The van der Waals surface area contributed by atoms with Crippen molar-refractivity contribution in [2.75, 3.05) is 5.32 Å². The van der Waals surface area contributed by atoms with Gasteiger partial charge in [-0.15, -0.1) is 0 Å². The van der Waals surface area contributed by atoms with Gasteiger partial charge in [-0.05, 0) is 48.6 Å². The van der Waals surface area contributed by atoms with Gasteiger partial charge in [-0.2, -0.15) is 0 Å². The molecule has 160 valence electrons. The first-order valence-corrected chi connectivity index (χ1v) is 10.6. The minimum atomic E-state index is -0.578. The number of anilines is 1. The summed E-state index contributed by atoms with van der Waals surface area (Å²) in [6.45, 7) is 5.93. The minimum Gasteiger partial charge on any atom is -0.362 e. The van der Waals surface area contributed by atoms with Crippen LogP contribution in [-0.2, 0) is 9.59 Å². The third kappa shape index (κ3) is 4.15. The van der Waals surface area contributed by atoms with Gasteiger partial charge in [0.2, 0.25) is 0 Å². The molecule has 31 heavy (non-hydrogen) atoms. The first-order valence-electron chi connectivity index (χ1n) is 10.2. The van der Waals surface area contributed by atoms with Gasteiger partial charge in [0.05, 0.1) is 5.69 Å². The van der Waals surface area contributed by atoms with Gasteiger partial charge >= 0.3 is 0 Å². The number of nitrogens with one attached hydrogen (secondary N) is 2. The first kappa shape index (κ1) is 21.3.